The van der Waals surface area contributed by atoms with Crippen molar-refractivity contribution in [1.82, 2.24) is 15.5 Å². The first kappa shape index (κ1) is 9.96. The van der Waals surface area contributed by atoms with E-state index < -0.39 is 0 Å². The van der Waals surface area contributed by atoms with E-state index in [1.165, 1.54) is 0 Å². The predicted molar refractivity (Wildman–Crippen MR) is 47.9 cm³/mol. The van der Waals surface area contributed by atoms with Crippen LogP contribution in [0.4, 0.5) is 0 Å². The summed E-state index contributed by atoms with van der Waals surface area (Å²) in [6.07, 6.45) is 0. The van der Waals surface area contributed by atoms with Crippen molar-refractivity contribution >= 4 is 5.91 Å². The van der Waals surface area contributed by atoms with Crippen LogP contribution in [-0.2, 0) is 4.79 Å². The summed E-state index contributed by atoms with van der Waals surface area (Å²) < 4.78 is 0. The van der Waals surface area contributed by atoms with Gasteiger partial charge in [-0.05, 0) is 0 Å². The SMILES string of the molecule is CNC(=O)C1CNCCN1CC#N. The van der Waals surface area contributed by atoms with Crippen LogP contribution in [0.5, 0.6) is 0 Å². The van der Waals surface area contributed by atoms with E-state index in [0.717, 1.165) is 13.1 Å². The second kappa shape index (κ2) is 4.80. The lowest BCUT2D eigenvalue weighted by Gasteiger charge is -2.32. The standard InChI is InChI=1S/C8H14N4O/c1-10-8(13)7-6-11-3-5-12(7)4-2-9/h7,11H,3-6H2,1H3,(H,10,13). The molecule has 72 valence electrons. The largest absolute Gasteiger partial charge is 0.358 e. The third-order valence-corrected chi connectivity index (χ3v) is 2.18. The zero-order valence-electron chi connectivity index (χ0n) is 7.71. The van der Waals surface area contributed by atoms with E-state index in [4.69, 9.17) is 5.26 Å². The van der Waals surface area contributed by atoms with Gasteiger partial charge in [-0.25, -0.2) is 0 Å². The predicted octanol–water partition coefficient (Wildman–Crippen LogP) is -1.47. The zero-order valence-corrected chi connectivity index (χ0v) is 7.71. The molecule has 2 N–H and O–H groups in total. The molecule has 0 radical (unpaired) electrons. The third kappa shape index (κ3) is 2.41. The van der Waals surface area contributed by atoms with Crippen LogP contribution < -0.4 is 10.6 Å². The van der Waals surface area contributed by atoms with Gasteiger partial charge in [0.25, 0.3) is 0 Å². The van der Waals surface area contributed by atoms with Gasteiger partial charge < -0.3 is 10.6 Å². The van der Waals surface area contributed by atoms with Gasteiger partial charge in [-0.2, -0.15) is 5.26 Å². The normalized spacial score (nSPS) is 23.5. The molecule has 0 aliphatic carbocycles. The topological polar surface area (TPSA) is 68.2 Å². The molecule has 0 saturated carbocycles. The monoisotopic (exact) mass is 182 g/mol. The molecule has 1 atom stereocenters. The fraction of sp³-hybridized carbons (Fsp3) is 0.750. The summed E-state index contributed by atoms with van der Waals surface area (Å²) in [7, 11) is 1.61. The van der Waals surface area contributed by atoms with Crippen molar-refractivity contribution in [1.29, 1.82) is 5.26 Å². The lowest BCUT2D eigenvalue weighted by atomic mass is 10.2. The van der Waals surface area contributed by atoms with Crippen molar-refractivity contribution in [2.75, 3.05) is 33.2 Å². The molecule has 1 aliphatic rings. The van der Waals surface area contributed by atoms with E-state index in [2.05, 4.69) is 16.7 Å². The molecule has 0 aromatic heterocycles. The van der Waals surface area contributed by atoms with Crippen molar-refractivity contribution in [3.63, 3.8) is 0 Å². The Bertz CT molecular complexity index is 223. The van der Waals surface area contributed by atoms with E-state index >= 15 is 0 Å². The maximum atomic E-state index is 11.3. The quantitative estimate of drug-likeness (QED) is 0.512. The summed E-state index contributed by atoms with van der Waals surface area (Å²) >= 11 is 0. The Morgan fingerprint density at radius 1 is 1.85 bits per heavy atom. The van der Waals surface area contributed by atoms with Crippen molar-refractivity contribution < 1.29 is 4.79 Å². The molecule has 1 rings (SSSR count). The van der Waals surface area contributed by atoms with Crippen LogP contribution in [0, 0.1) is 11.3 Å². The van der Waals surface area contributed by atoms with Crippen LogP contribution in [-0.4, -0.2) is 50.1 Å². The number of piperazine rings is 1. The lowest BCUT2D eigenvalue weighted by Crippen LogP contribution is -2.57. The molecular weight excluding hydrogens is 168 g/mol. The number of nitrogens with one attached hydrogen (secondary N) is 2. The van der Waals surface area contributed by atoms with Gasteiger partial charge in [-0.1, -0.05) is 0 Å². The van der Waals surface area contributed by atoms with Crippen LogP contribution in [0.25, 0.3) is 0 Å². The smallest absolute Gasteiger partial charge is 0.238 e. The number of nitriles is 1. The minimum Gasteiger partial charge on any atom is -0.358 e. The van der Waals surface area contributed by atoms with E-state index in [0.29, 0.717) is 13.1 Å². The van der Waals surface area contributed by atoms with Crippen LogP contribution >= 0.6 is 0 Å². The number of nitrogens with zero attached hydrogens (tertiary/aromatic N) is 2. The number of carbonyl (C=O) groups excluding carboxylic acids is 1. The molecule has 5 nitrogen and oxygen atoms in total. The highest BCUT2D eigenvalue weighted by atomic mass is 16.2. The highest BCUT2D eigenvalue weighted by Gasteiger charge is 2.27. The van der Waals surface area contributed by atoms with Crippen molar-refractivity contribution in [2.24, 2.45) is 0 Å². The fourth-order valence-corrected chi connectivity index (χ4v) is 1.45. The van der Waals surface area contributed by atoms with E-state index in [9.17, 15) is 4.79 Å². The van der Waals surface area contributed by atoms with Gasteiger partial charge in [0.15, 0.2) is 0 Å². The first-order valence-electron chi connectivity index (χ1n) is 4.33. The summed E-state index contributed by atoms with van der Waals surface area (Å²) in [6.45, 7) is 2.54. The van der Waals surface area contributed by atoms with E-state index in [-0.39, 0.29) is 11.9 Å². The highest BCUT2D eigenvalue weighted by molar-refractivity contribution is 5.81. The summed E-state index contributed by atoms with van der Waals surface area (Å²) in [5.41, 5.74) is 0. The molecular formula is C8H14N4O. The molecule has 1 heterocycles. The van der Waals surface area contributed by atoms with Crippen molar-refractivity contribution in [3.05, 3.63) is 0 Å². The maximum Gasteiger partial charge on any atom is 0.238 e. The number of amides is 1. The number of rotatable bonds is 2. The number of hydrogen-bond donors (Lipinski definition) is 2. The molecule has 0 spiro atoms. The van der Waals surface area contributed by atoms with E-state index in [1.807, 2.05) is 4.90 Å². The second-order valence-electron chi connectivity index (χ2n) is 2.96. The van der Waals surface area contributed by atoms with Gasteiger partial charge >= 0.3 is 0 Å². The third-order valence-electron chi connectivity index (χ3n) is 2.18. The van der Waals surface area contributed by atoms with Crippen molar-refractivity contribution in [3.8, 4) is 6.07 Å². The molecule has 0 bridgehead atoms. The van der Waals surface area contributed by atoms with Crippen LogP contribution in [0.15, 0.2) is 0 Å². The van der Waals surface area contributed by atoms with Gasteiger partial charge in [0.2, 0.25) is 5.91 Å². The molecule has 5 heteroatoms. The molecule has 0 aromatic rings. The average molecular weight is 182 g/mol. The Labute approximate surface area is 77.7 Å². The van der Waals surface area contributed by atoms with Crippen molar-refractivity contribution in [2.45, 2.75) is 6.04 Å². The van der Waals surface area contributed by atoms with Gasteiger partial charge in [0.1, 0.15) is 6.04 Å². The maximum absolute atomic E-state index is 11.3. The highest BCUT2D eigenvalue weighted by Crippen LogP contribution is 2.01. The lowest BCUT2D eigenvalue weighted by molar-refractivity contribution is -0.126. The Balaban J connectivity index is 2.57. The zero-order chi connectivity index (χ0) is 9.68. The minimum atomic E-state index is -0.196. The molecule has 13 heavy (non-hydrogen) atoms. The Kier molecular flexibility index (Phi) is 3.68. The average Bonchev–Trinajstić information content (AvgIpc) is 2.18. The van der Waals surface area contributed by atoms with Crippen LogP contribution in [0.2, 0.25) is 0 Å². The number of hydrogen-bond acceptors (Lipinski definition) is 4. The molecule has 1 amide bonds. The molecule has 1 fully saturated rings. The van der Waals surface area contributed by atoms with E-state index in [1.54, 1.807) is 7.05 Å². The molecule has 1 aliphatic heterocycles. The summed E-state index contributed by atoms with van der Waals surface area (Å²) in [4.78, 5) is 13.2. The van der Waals surface area contributed by atoms with Gasteiger partial charge in [-0.15, -0.1) is 0 Å². The minimum absolute atomic E-state index is 0.0255. The Hall–Kier alpha value is -1.12. The number of likely N-dealkylation sites (N-methyl/N-ethyl adjacent to an activating group) is 1. The summed E-state index contributed by atoms with van der Waals surface area (Å²) in [5.74, 6) is -0.0255. The van der Waals surface area contributed by atoms with Crippen LogP contribution in [0.3, 0.4) is 0 Å². The van der Waals surface area contributed by atoms with Gasteiger partial charge in [0, 0.05) is 26.7 Å². The summed E-state index contributed by atoms with van der Waals surface area (Å²) in [6, 6.07) is 1.87. The first-order valence-corrected chi connectivity index (χ1v) is 4.33. The Morgan fingerprint density at radius 2 is 2.62 bits per heavy atom. The van der Waals surface area contributed by atoms with Crippen LogP contribution in [0.1, 0.15) is 0 Å². The Morgan fingerprint density at radius 3 is 3.23 bits per heavy atom. The molecule has 1 unspecified atom stereocenters. The first-order chi connectivity index (χ1) is 6.29. The molecule has 1 saturated heterocycles. The summed E-state index contributed by atoms with van der Waals surface area (Å²) in [5, 5.41) is 14.3. The fourth-order valence-electron chi connectivity index (χ4n) is 1.45. The molecule has 0 aromatic carbocycles. The number of carbonyl (C=O) groups is 1. The van der Waals surface area contributed by atoms with Gasteiger partial charge in [0.05, 0.1) is 12.6 Å². The second-order valence-corrected chi connectivity index (χ2v) is 2.96. The van der Waals surface area contributed by atoms with Gasteiger partial charge in [-0.3, -0.25) is 9.69 Å².